The Morgan fingerprint density at radius 1 is 1.24 bits per heavy atom. The second-order valence-electron chi connectivity index (χ2n) is 6.04. The third-order valence-electron chi connectivity index (χ3n) is 4.45. The number of rotatable bonds is 2. The average molecular weight is 285 g/mol. The van der Waals surface area contributed by atoms with Crippen LogP contribution >= 0.6 is 0 Å². The van der Waals surface area contributed by atoms with E-state index in [1.165, 1.54) is 5.56 Å². The van der Waals surface area contributed by atoms with Gasteiger partial charge in [-0.05, 0) is 31.7 Å². The van der Waals surface area contributed by atoms with E-state index >= 15 is 0 Å². The van der Waals surface area contributed by atoms with Crippen molar-refractivity contribution < 1.29 is 9.53 Å². The molecular weight excluding hydrogens is 262 g/mol. The van der Waals surface area contributed by atoms with Gasteiger partial charge in [0.15, 0.2) is 0 Å². The topological polar surface area (TPSA) is 29.5 Å². The largest absolute Gasteiger partial charge is 0.374 e. The van der Waals surface area contributed by atoms with E-state index in [-0.39, 0.29) is 18.1 Å². The summed E-state index contributed by atoms with van der Waals surface area (Å²) in [5.74, 6) is 0.440. The van der Waals surface area contributed by atoms with Crippen molar-refractivity contribution in [3.63, 3.8) is 0 Å². The molecule has 3 unspecified atom stereocenters. The van der Waals surface area contributed by atoms with E-state index in [9.17, 15) is 4.79 Å². The summed E-state index contributed by atoms with van der Waals surface area (Å²) in [7, 11) is 0. The van der Waals surface area contributed by atoms with Gasteiger partial charge in [0.25, 0.3) is 0 Å². The maximum atomic E-state index is 12.9. The Balaban J connectivity index is 1.81. The molecule has 1 aromatic rings. The molecule has 1 saturated heterocycles. The van der Waals surface area contributed by atoms with Gasteiger partial charge in [0, 0.05) is 12.5 Å². The van der Waals surface area contributed by atoms with Crippen molar-refractivity contribution in [1.82, 2.24) is 4.90 Å². The number of hydrogen-bond donors (Lipinski definition) is 0. The molecular formula is C18H23NO2. The molecule has 3 atom stereocenters. The van der Waals surface area contributed by atoms with E-state index in [1.807, 2.05) is 30.0 Å². The van der Waals surface area contributed by atoms with Gasteiger partial charge < -0.3 is 9.64 Å². The fourth-order valence-electron chi connectivity index (χ4n) is 3.25. The molecule has 1 amide bonds. The number of benzene rings is 1. The SMILES string of the molecule is CC1CN(C(=O)C2CC=CCC2)C(c2ccccc2)CO1. The average Bonchev–Trinajstić information content (AvgIpc) is 2.56. The van der Waals surface area contributed by atoms with Crippen molar-refractivity contribution >= 4 is 5.91 Å². The molecule has 21 heavy (non-hydrogen) atoms. The molecule has 2 aliphatic rings. The molecule has 0 bridgehead atoms. The monoisotopic (exact) mass is 285 g/mol. The van der Waals surface area contributed by atoms with Crippen LogP contribution in [0.5, 0.6) is 0 Å². The van der Waals surface area contributed by atoms with Crippen LogP contribution < -0.4 is 0 Å². The van der Waals surface area contributed by atoms with E-state index in [2.05, 4.69) is 24.3 Å². The third kappa shape index (κ3) is 3.18. The highest BCUT2D eigenvalue weighted by atomic mass is 16.5. The lowest BCUT2D eigenvalue weighted by atomic mass is 9.91. The van der Waals surface area contributed by atoms with Crippen LogP contribution in [0.25, 0.3) is 0 Å². The van der Waals surface area contributed by atoms with Crippen LogP contribution in [0, 0.1) is 5.92 Å². The Hall–Kier alpha value is -1.61. The summed E-state index contributed by atoms with van der Waals surface area (Å²) in [5, 5.41) is 0. The Labute approximate surface area is 126 Å². The van der Waals surface area contributed by atoms with Gasteiger partial charge in [-0.2, -0.15) is 0 Å². The summed E-state index contributed by atoms with van der Waals surface area (Å²) in [4.78, 5) is 15.0. The summed E-state index contributed by atoms with van der Waals surface area (Å²) in [6.07, 6.45) is 7.32. The quantitative estimate of drug-likeness (QED) is 0.780. The minimum absolute atomic E-state index is 0.0563. The van der Waals surface area contributed by atoms with Crippen LogP contribution in [-0.2, 0) is 9.53 Å². The van der Waals surface area contributed by atoms with Crippen molar-refractivity contribution in [3.05, 3.63) is 48.0 Å². The Morgan fingerprint density at radius 2 is 2.05 bits per heavy atom. The Kier molecular flexibility index (Phi) is 4.39. The van der Waals surface area contributed by atoms with E-state index in [0.717, 1.165) is 19.3 Å². The van der Waals surface area contributed by atoms with Gasteiger partial charge in [0.05, 0.1) is 18.8 Å². The maximum Gasteiger partial charge on any atom is 0.226 e. The fourth-order valence-corrected chi connectivity index (χ4v) is 3.25. The highest BCUT2D eigenvalue weighted by Crippen LogP contribution is 2.30. The first-order valence-corrected chi connectivity index (χ1v) is 7.87. The number of hydrogen-bond acceptors (Lipinski definition) is 2. The number of morpholine rings is 1. The second kappa shape index (κ2) is 6.44. The van der Waals surface area contributed by atoms with Crippen LogP contribution in [0.15, 0.2) is 42.5 Å². The van der Waals surface area contributed by atoms with E-state index < -0.39 is 0 Å². The molecule has 0 radical (unpaired) electrons. The number of amides is 1. The van der Waals surface area contributed by atoms with Gasteiger partial charge in [-0.15, -0.1) is 0 Å². The van der Waals surface area contributed by atoms with Crippen LogP contribution in [0.2, 0.25) is 0 Å². The van der Waals surface area contributed by atoms with Gasteiger partial charge >= 0.3 is 0 Å². The standard InChI is InChI=1S/C18H23NO2/c1-14-12-19(18(20)16-10-6-3-7-11-16)17(13-21-14)15-8-4-2-5-9-15/h2-6,8-9,14,16-17H,7,10-13H2,1H3. The first-order valence-electron chi connectivity index (χ1n) is 7.87. The summed E-state index contributed by atoms with van der Waals surface area (Å²) in [5.41, 5.74) is 1.17. The first kappa shape index (κ1) is 14.3. The summed E-state index contributed by atoms with van der Waals surface area (Å²) in [6.45, 7) is 3.33. The fraction of sp³-hybridized carbons (Fsp3) is 0.500. The molecule has 1 fully saturated rings. The van der Waals surface area contributed by atoms with Gasteiger partial charge in [-0.3, -0.25) is 4.79 Å². The molecule has 3 heteroatoms. The third-order valence-corrected chi connectivity index (χ3v) is 4.45. The molecule has 0 saturated carbocycles. The summed E-state index contributed by atoms with van der Waals surface area (Å²) >= 11 is 0. The van der Waals surface area contributed by atoms with Crippen molar-refractivity contribution in [2.75, 3.05) is 13.2 Å². The zero-order valence-electron chi connectivity index (χ0n) is 12.6. The van der Waals surface area contributed by atoms with Crippen LogP contribution in [0.1, 0.15) is 37.8 Å². The maximum absolute atomic E-state index is 12.9. The van der Waals surface area contributed by atoms with Crippen LogP contribution in [0.3, 0.4) is 0 Å². The molecule has 1 heterocycles. The highest BCUT2D eigenvalue weighted by molar-refractivity contribution is 5.80. The summed E-state index contributed by atoms with van der Waals surface area (Å²) < 4.78 is 5.80. The molecule has 3 rings (SSSR count). The zero-order chi connectivity index (χ0) is 14.7. The highest BCUT2D eigenvalue weighted by Gasteiger charge is 2.34. The van der Waals surface area contributed by atoms with Crippen molar-refractivity contribution in [1.29, 1.82) is 0 Å². The van der Waals surface area contributed by atoms with Crippen molar-refractivity contribution in [2.45, 2.75) is 38.3 Å². The molecule has 1 aliphatic carbocycles. The number of ether oxygens (including phenoxy) is 1. The molecule has 3 nitrogen and oxygen atoms in total. The van der Waals surface area contributed by atoms with Crippen LogP contribution in [-0.4, -0.2) is 30.1 Å². The number of nitrogens with zero attached hydrogens (tertiary/aromatic N) is 1. The van der Waals surface area contributed by atoms with Gasteiger partial charge in [-0.25, -0.2) is 0 Å². The molecule has 0 aromatic heterocycles. The van der Waals surface area contributed by atoms with Crippen molar-refractivity contribution in [3.8, 4) is 0 Å². The number of allylic oxidation sites excluding steroid dienone is 2. The zero-order valence-corrected chi connectivity index (χ0v) is 12.6. The lowest BCUT2D eigenvalue weighted by Gasteiger charge is -2.40. The Bertz CT molecular complexity index is 511. The minimum Gasteiger partial charge on any atom is -0.374 e. The number of carbonyl (C=O) groups is 1. The summed E-state index contributed by atoms with van der Waals surface area (Å²) in [6, 6.07) is 10.3. The predicted molar refractivity (Wildman–Crippen MR) is 82.8 cm³/mol. The molecule has 0 spiro atoms. The van der Waals surface area contributed by atoms with E-state index in [4.69, 9.17) is 4.74 Å². The van der Waals surface area contributed by atoms with Gasteiger partial charge in [-0.1, -0.05) is 42.5 Å². The predicted octanol–water partition coefficient (Wildman–Crippen LogP) is 3.33. The number of carbonyl (C=O) groups excluding carboxylic acids is 1. The Morgan fingerprint density at radius 3 is 2.76 bits per heavy atom. The minimum atomic E-state index is 0.0563. The van der Waals surface area contributed by atoms with E-state index in [0.29, 0.717) is 19.1 Å². The van der Waals surface area contributed by atoms with Gasteiger partial charge in [0.1, 0.15) is 0 Å². The van der Waals surface area contributed by atoms with Crippen molar-refractivity contribution in [2.24, 2.45) is 5.92 Å². The molecule has 1 aliphatic heterocycles. The molecule has 0 N–H and O–H groups in total. The normalized spacial score (nSPS) is 29.4. The van der Waals surface area contributed by atoms with Crippen LogP contribution in [0.4, 0.5) is 0 Å². The van der Waals surface area contributed by atoms with Gasteiger partial charge in [0.2, 0.25) is 5.91 Å². The second-order valence-corrected chi connectivity index (χ2v) is 6.04. The molecule has 112 valence electrons. The lowest BCUT2D eigenvalue weighted by Crippen LogP contribution is -2.49. The lowest BCUT2D eigenvalue weighted by molar-refractivity contribution is -0.149. The smallest absolute Gasteiger partial charge is 0.226 e. The van der Waals surface area contributed by atoms with E-state index in [1.54, 1.807) is 0 Å². The molecule has 1 aromatic carbocycles. The first-order chi connectivity index (χ1) is 10.3.